The fourth-order valence-corrected chi connectivity index (χ4v) is 1.85. The van der Waals surface area contributed by atoms with E-state index in [-0.39, 0.29) is 0 Å². The highest BCUT2D eigenvalue weighted by atomic mass is 16.3. The van der Waals surface area contributed by atoms with Gasteiger partial charge in [0.05, 0.1) is 0 Å². The number of phenols is 1. The van der Waals surface area contributed by atoms with E-state index in [1.54, 1.807) is 24.3 Å². The van der Waals surface area contributed by atoms with Crippen molar-refractivity contribution in [1.82, 2.24) is 0 Å². The van der Waals surface area contributed by atoms with E-state index < -0.39 is 0 Å². The molecule has 84 valence electrons. The predicted molar refractivity (Wildman–Crippen MR) is 64.9 cm³/mol. The maximum Gasteiger partial charge on any atom is 0.115 e. The third kappa shape index (κ3) is 5.46. The number of aromatic hydroxyl groups is 1. The summed E-state index contributed by atoms with van der Waals surface area (Å²) in [5.74, 6) is 2.36. The van der Waals surface area contributed by atoms with Gasteiger partial charge < -0.3 is 5.11 Å². The van der Waals surface area contributed by atoms with Crippen molar-refractivity contribution >= 4 is 0 Å². The lowest BCUT2D eigenvalue weighted by molar-refractivity contribution is 0.308. The molecule has 1 N–H and O–H groups in total. The third-order valence-corrected chi connectivity index (χ3v) is 3.06. The number of para-hydroxylation sites is 1. The molecule has 1 heteroatoms. The number of rotatable bonds is 0. The number of benzene rings is 1. The zero-order valence-corrected chi connectivity index (χ0v) is 9.82. The first-order chi connectivity index (χ1) is 7.18. The van der Waals surface area contributed by atoms with Crippen LogP contribution in [-0.2, 0) is 0 Å². The van der Waals surface area contributed by atoms with Crippen LogP contribution in [0.15, 0.2) is 30.3 Å². The lowest BCUT2D eigenvalue weighted by Crippen LogP contribution is -2.08. The minimum absolute atomic E-state index is 0.322. The standard InChI is InChI=1S/C8H16.C6H6O/c1-7-3-5-8(2)6-4-7;7-6-4-2-1-3-5-6/h7-8H,3-6H2,1-2H3;1-5,7H. The molecule has 0 aromatic heterocycles. The van der Waals surface area contributed by atoms with Gasteiger partial charge in [-0.1, -0.05) is 57.7 Å². The van der Waals surface area contributed by atoms with Crippen molar-refractivity contribution in [3.63, 3.8) is 0 Å². The van der Waals surface area contributed by atoms with Gasteiger partial charge >= 0.3 is 0 Å². The molecule has 1 nitrogen and oxygen atoms in total. The third-order valence-electron chi connectivity index (χ3n) is 3.06. The van der Waals surface area contributed by atoms with Gasteiger partial charge in [0, 0.05) is 0 Å². The van der Waals surface area contributed by atoms with Crippen molar-refractivity contribution in [2.75, 3.05) is 0 Å². The zero-order chi connectivity index (χ0) is 11.1. The first-order valence-corrected chi connectivity index (χ1v) is 5.92. The maximum atomic E-state index is 8.63. The summed E-state index contributed by atoms with van der Waals surface area (Å²) in [7, 11) is 0. The van der Waals surface area contributed by atoms with Gasteiger partial charge in [-0.25, -0.2) is 0 Å². The fraction of sp³-hybridized carbons (Fsp3) is 0.571. The average Bonchev–Trinajstić information content (AvgIpc) is 2.25. The molecule has 0 aliphatic heterocycles. The summed E-state index contributed by atoms with van der Waals surface area (Å²) in [6.07, 6.45) is 5.89. The molecule has 0 saturated heterocycles. The van der Waals surface area contributed by atoms with E-state index in [9.17, 15) is 0 Å². The molecule has 0 unspecified atom stereocenters. The lowest BCUT2D eigenvalue weighted by Gasteiger charge is -2.22. The molecule has 0 radical (unpaired) electrons. The summed E-state index contributed by atoms with van der Waals surface area (Å²) in [4.78, 5) is 0. The highest BCUT2D eigenvalue weighted by molar-refractivity contribution is 5.18. The van der Waals surface area contributed by atoms with E-state index >= 15 is 0 Å². The van der Waals surface area contributed by atoms with Crippen molar-refractivity contribution in [3.8, 4) is 5.75 Å². The Morgan fingerprint density at radius 1 is 0.867 bits per heavy atom. The maximum absolute atomic E-state index is 8.63. The highest BCUT2D eigenvalue weighted by Gasteiger charge is 2.13. The number of hydrogen-bond acceptors (Lipinski definition) is 1. The van der Waals surface area contributed by atoms with E-state index in [4.69, 9.17) is 5.11 Å². The van der Waals surface area contributed by atoms with Crippen molar-refractivity contribution in [2.24, 2.45) is 11.8 Å². The van der Waals surface area contributed by atoms with E-state index in [0.717, 1.165) is 11.8 Å². The normalized spacial score (nSPS) is 25.2. The van der Waals surface area contributed by atoms with Crippen LogP contribution in [0, 0.1) is 11.8 Å². The van der Waals surface area contributed by atoms with E-state index in [0.29, 0.717) is 5.75 Å². The van der Waals surface area contributed by atoms with Gasteiger partial charge in [-0.3, -0.25) is 0 Å². The topological polar surface area (TPSA) is 20.2 Å². The summed E-state index contributed by atoms with van der Waals surface area (Å²) >= 11 is 0. The van der Waals surface area contributed by atoms with Crippen molar-refractivity contribution in [3.05, 3.63) is 30.3 Å². The van der Waals surface area contributed by atoms with E-state index in [1.807, 2.05) is 6.07 Å². The Bertz CT molecular complexity index is 237. The first kappa shape index (κ1) is 12.1. The second-order valence-corrected chi connectivity index (χ2v) is 4.70. The largest absolute Gasteiger partial charge is 0.508 e. The van der Waals surface area contributed by atoms with Gasteiger partial charge in [-0.05, 0) is 24.0 Å². The van der Waals surface area contributed by atoms with Crippen LogP contribution >= 0.6 is 0 Å². The van der Waals surface area contributed by atoms with Crippen LogP contribution in [0.4, 0.5) is 0 Å². The smallest absolute Gasteiger partial charge is 0.115 e. The molecule has 2 rings (SSSR count). The molecule has 15 heavy (non-hydrogen) atoms. The lowest BCUT2D eigenvalue weighted by atomic mass is 9.84. The minimum Gasteiger partial charge on any atom is -0.508 e. The molecular formula is C14H22O. The fourth-order valence-electron chi connectivity index (χ4n) is 1.85. The van der Waals surface area contributed by atoms with Crippen LogP contribution in [-0.4, -0.2) is 5.11 Å². The molecule has 1 aromatic carbocycles. The molecule has 1 aromatic rings. The second kappa shape index (κ2) is 6.49. The second-order valence-electron chi connectivity index (χ2n) is 4.70. The van der Waals surface area contributed by atoms with Gasteiger partial charge in [0.2, 0.25) is 0 Å². The molecule has 1 aliphatic rings. The Morgan fingerprint density at radius 3 is 1.53 bits per heavy atom. The van der Waals surface area contributed by atoms with Gasteiger partial charge in [-0.2, -0.15) is 0 Å². The highest BCUT2D eigenvalue weighted by Crippen LogP contribution is 2.27. The van der Waals surface area contributed by atoms with Gasteiger partial charge in [0.15, 0.2) is 0 Å². The molecule has 0 spiro atoms. The average molecular weight is 206 g/mol. The van der Waals surface area contributed by atoms with Crippen LogP contribution in [0.5, 0.6) is 5.75 Å². The van der Waals surface area contributed by atoms with Gasteiger partial charge in [0.25, 0.3) is 0 Å². The van der Waals surface area contributed by atoms with Gasteiger partial charge in [-0.15, -0.1) is 0 Å². The van der Waals surface area contributed by atoms with Crippen molar-refractivity contribution in [2.45, 2.75) is 39.5 Å². The summed E-state index contributed by atoms with van der Waals surface area (Å²) in [5.41, 5.74) is 0. The molecule has 0 heterocycles. The van der Waals surface area contributed by atoms with Crippen molar-refractivity contribution in [1.29, 1.82) is 0 Å². The number of hydrogen-bond donors (Lipinski definition) is 1. The quantitative estimate of drug-likeness (QED) is 0.673. The first-order valence-electron chi connectivity index (χ1n) is 5.92. The molecule has 0 amide bonds. The Kier molecular flexibility index (Phi) is 5.23. The van der Waals surface area contributed by atoms with Gasteiger partial charge in [0.1, 0.15) is 5.75 Å². The summed E-state index contributed by atoms with van der Waals surface area (Å²) in [6, 6.07) is 8.71. The SMILES string of the molecule is CC1CCC(C)CC1.Oc1ccccc1. The van der Waals surface area contributed by atoms with E-state index in [1.165, 1.54) is 25.7 Å². The van der Waals surface area contributed by atoms with Crippen LogP contribution in [0.1, 0.15) is 39.5 Å². The Labute approximate surface area is 93.1 Å². The minimum atomic E-state index is 0.322. The summed E-state index contributed by atoms with van der Waals surface area (Å²) in [5, 5.41) is 8.63. The van der Waals surface area contributed by atoms with Crippen LogP contribution in [0.25, 0.3) is 0 Å². The molecule has 0 atom stereocenters. The zero-order valence-electron chi connectivity index (χ0n) is 9.82. The van der Waals surface area contributed by atoms with E-state index in [2.05, 4.69) is 13.8 Å². The van der Waals surface area contributed by atoms with Crippen molar-refractivity contribution < 1.29 is 5.11 Å². The molecule has 1 aliphatic carbocycles. The molecular weight excluding hydrogens is 184 g/mol. The Balaban J connectivity index is 0.000000151. The summed E-state index contributed by atoms with van der Waals surface area (Å²) in [6.45, 7) is 4.73. The molecule has 0 bridgehead atoms. The monoisotopic (exact) mass is 206 g/mol. The summed E-state index contributed by atoms with van der Waals surface area (Å²) < 4.78 is 0. The number of phenolic OH excluding ortho intramolecular Hbond substituents is 1. The molecule has 1 fully saturated rings. The van der Waals surface area contributed by atoms with Crippen LogP contribution < -0.4 is 0 Å². The molecule has 1 saturated carbocycles. The predicted octanol–water partition coefficient (Wildman–Crippen LogP) is 4.22. The Hall–Kier alpha value is -0.980. The van der Waals surface area contributed by atoms with Crippen LogP contribution in [0.2, 0.25) is 0 Å². The van der Waals surface area contributed by atoms with Crippen LogP contribution in [0.3, 0.4) is 0 Å². The Morgan fingerprint density at radius 2 is 1.27 bits per heavy atom.